The second-order valence-corrected chi connectivity index (χ2v) is 5.79. The van der Waals surface area contributed by atoms with Crippen LogP contribution in [0.15, 0.2) is 0 Å². The van der Waals surface area contributed by atoms with Crippen molar-refractivity contribution in [2.24, 2.45) is 11.8 Å². The fourth-order valence-electron chi connectivity index (χ4n) is 2.93. The van der Waals surface area contributed by atoms with Crippen LogP contribution >= 0.6 is 0 Å². The van der Waals surface area contributed by atoms with Crippen LogP contribution in [0.25, 0.3) is 0 Å². The molecule has 0 radical (unpaired) electrons. The summed E-state index contributed by atoms with van der Waals surface area (Å²) in [6.07, 6.45) is 2.83. The van der Waals surface area contributed by atoms with Crippen LogP contribution in [0.4, 0.5) is 0 Å². The second-order valence-electron chi connectivity index (χ2n) is 5.79. The van der Waals surface area contributed by atoms with Gasteiger partial charge in [0.1, 0.15) is 0 Å². The smallest absolute Gasteiger partial charge is 0.306 e. The zero-order valence-electron chi connectivity index (χ0n) is 12.9. The molecule has 0 spiro atoms. The van der Waals surface area contributed by atoms with Crippen molar-refractivity contribution in [3.63, 3.8) is 0 Å². The lowest BCUT2D eigenvalue weighted by Crippen LogP contribution is -2.45. The Hall–Kier alpha value is -1.10. The Morgan fingerprint density at radius 1 is 1.25 bits per heavy atom. The number of amides is 1. The molecule has 0 aromatic heterocycles. The van der Waals surface area contributed by atoms with Gasteiger partial charge < -0.3 is 15.3 Å². The van der Waals surface area contributed by atoms with Gasteiger partial charge in [0.25, 0.3) is 0 Å². The molecule has 0 aliphatic heterocycles. The molecule has 20 heavy (non-hydrogen) atoms. The van der Waals surface area contributed by atoms with Crippen molar-refractivity contribution in [1.82, 2.24) is 10.2 Å². The van der Waals surface area contributed by atoms with Gasteiger partial charge in [-0.1, -0.05) is 20.3 Å². The normalized spacial score (nSPS) is 24.4. The van der Waals surface area contributed by atoms with E-state index in [4.69, 9.17) is 5.11 Å². The molecule has 0 aromatic carbocycles. The topological polar surface area (TPSA) is 69.6 Å². The number of aliphatic carboxylic acids is 1. The molecule has 0 bridgehead atoms. The molecule has 5 heteroatoms. The van der Waals surface area contributed by atoms with E-state index in [1.807, 2.05) is 6.92 Å². The first kappa shape index (κ1) is 17.0. The van der Waals surface area contributed by atoms with Crippen molar-refractivity contribution in [2.45, 2.75) is 52.5 Å². The highest BCUT2D eigenvalue weighted by atomic mass is 16.4. The number of nitrogens with zero attached hydrogens (tertiary/aromatic N) is 1. The minimum Gasteiger partial charge on any atom is -0.481 e. The Kier molecular flexibility index (Phi) is 6.99. The van der Waals surface area contributed by atoms with Crippen LogP contribution in [0.1, 0.15) is 46.5 Å². The number of rotatable bonds is 7. The molecule has 0 heterocycles. The Labute approximate surface area is 121 Å². The highest BCUT2D eigenvalue weighted by Gasteiger charge is 2.31. The fraction of sp³-hybridized carbons (Fsp3) is 0.867. The summed E-state index contributed by atoms with van der Waals surface area (Å²) in [4.78, 5) is 25.5. The highest BCUT2D eigenvalue weighted by molar-refractivity contribution is 5.80. The molecule has 3 unspecified atom stereocenters. The predicted molar refractivity (Wildman–Crippen MR) is 78.5 cm³/mol. The third-order valence-electron chi connectivity index (χ3n) is 4.21. The first-order chi connectivity index (χ1) is 9.47. The zero-order chi connectivity index (χ0) is 15.1. The monoisotopic (exact) mass is 284 g/mol. The Balaban J connectivity index is 2.43. The van der Waals surface area contributed by atoms with Crippen LogP contribution in [0.5, 0.6) is 0 Å². The summed E-state index contributed by atoms with van der Waals surface area (Å²) in [6, 6.07) is 0.104. The minimum atomic E-state index is -0.765. The molecular weight excluding hydrogens is 256 g/mol. The summed E-state index contributed by atoms with van der Waals surface area (Å²) in [6.45, 7) is 9.01. The largest absolute Gasteiger partial charge is 0.481 e. The number of carboxylic acid groups (broad SMARTS) is 1. The van der Waals surface area contributed by atoms with Gasteiger partial charge in [-0.2, -0.15) is 0 Å². The van der Waals surface area contributed by atoms with Gasteiger partial charge in [-0.05, 0) is 39.3 Å². The van der Waals surface area contributed by atoms with Crippen LogP contribution in [-0.4, -0.2) is 47.6 Å². The Morgan fingerprint density at radius 2 is 1.85 bits per heavy atom. The van der Waals surface area contributed by atoms with E-state index in [1.165, 1.54) is 0 Å². The first-order valence-electron chi connectivity index (χ1n) is 7.73. The van der Waals surface area contributed by atoms with Gasteiger partial charge in [0.15, 0.2) is 0 Å². The molecule has 1 rings (SSSR count). The molecular formula is C15H28N2O3. The van der Waals surface area contributed by atoms with Gasteiger partial charge in [-0.15, -0.1) is 0 Å². The van der Waals surface area contributed by atoms with Gasteiger partial charge in [-0.25, -0.2) is 0 Å². The van der Waals surface area contributed by atoms with Gasteiger partial charge >= 0.3 is 5.97 Å². The number of carbonyl (C=O) groups excluding carboxylic acids is 1. The molecule has 1 saturated carbocycles. The lowest BCUT2D eigenvalue weighted by atomic mass is 9.81. The van der Waals surface area contributed by atoms with E-state index in [1.54, 1.807) is 0 Å². The van der Waals surface area contributed by atoms with E-state index in [2.05, 4.69) is 24.1 Å². The fourth-order valence-corrected chi connectivity index (χ4v) is 2.93. The van der Waals surface area contributed by atoms with E-state index >= 15 is 0 Å². The lowest BCUT2D eigenvalue weighted by Gasteiger charge is -2.28. The van der Waals surface area contributed by atoms with Crippen LogP contribution in [0.3, 0.4) is 0 Å². The van der Waals surface area contributed by atoms with Crippen LogP contribution in [-0.2, 0) is 9.59 Å². The second kappa shape index (κ2) is 8.25. The molecule has 5 nitrogen and oxygen atoms in total. The SMILES string of the molecule is CCN(CC)CC(C)NC(=O)C1CCCC(C(=O)O)C1. The Bertz CT molecular complexity index is 329. The number of nitrogens with one attached hydrogen (secondary N) is 1. The molecule has 3 atom stereocenters. The van der Waals surface area contributed by atoms with Gasteiger partial charge in [-0.3, -0.25) is 9.59 Å². The van der Waals surface area contributed by atoms with E-state index in [9.17, 15) is 9.59 Å². The van der Waals surface area contributed by atoms with Crippen molar-refractivity contribution >= 4 is 11.9 Å². The highest BCUT2D eigenvalue weighted by Crippen LogP contribution is 2.29. The first-order valence-corrected chi connectivity index (χ1v) is 7.73. The molecule has 0 aromatic rings. The molecule has 2 N–H and O–H groups in total. The minimum absolute atomic E-state index is 0.0237. The maximum atomic E-state index is 12.2. The third-order valence-corrected chi connectivity index (χ3v) is 4.21. The van der Waals surface area contributed by atoms with Gasteiger partial charge in [0, 0.05) is 18.5 Å². The molecule has 116 valence electrons. The number of carboxylic acids is 1. The maximum Gasteiger partial charge on any atom is 0.306 e. The molecule has 1 amide bonds. The Morgan fingerprint density at radius 3 is 2.40 bits per heavy atom. The van der Waals surface area contributed by atoms with Gasteiger partial charge in [0.2, 0.25) is 5.91 Å². The number of carbonyl (C=O) groups is 2. The zero-order valence-corrected chi connectivity index (χ0v) is 12.9. The summed E-state index contributed by atoms with van der Waals surface area (Å²) < 4.78 is 0. The maximum absolute atomic E-state index is 12.2. The van der Waals surface area contributed by atoms with E-state index < -0.39 is 5.97 Å². The number of likely N-dealkylation sites (N-methyl/N-ethyl adjacent to an activating group) is 1. The summed E-state index contributed by atoms with van der Waals surface area (Å²) in [5.41, 5.74) is 0. The summed E-state index contributed by atoms with van der Waals surface area (Å²) in [5.74, 6) is -1.23. The van der Waals surface area contributed by atoms with E-state index in [-0.39, 0.29) is 23.8 Å². The average Bonchev–Trinajstić information content (AvgIpc) is 2.44. The summed E-state index contributed by atoms with van der Waals surface area (Å²) >= 11 is 0. The number of hydrogen-bond donors (Lipinski definition) is 2. The predicted octanol–water partition coefficient (Wildman–Crippen LogP) is 1.72. The summed E-state index contributed by atoms with van der Waals surface area (Å²) in [5, 5.41) is 12.1. The molecule has 1 fully saturated rings. The summed E-state index contributed by atoms with van der Waals surface area (Å²) in [7, 11) is 0. The van der Waals surface area contributed by atoms with Crippen molar-refractivity contribution in [3.05, 3.63) is 0 Å². The van der Waals surface area contributed by atoms with Crippen molar-refractivity contribution in [3.8, 4) is 0 Å². The van der Waals surface area contributed by atoms with E-state index in [0.717, 1.165) is 32.5 Å². The average molecular weight is 284 g/mol. The molecule has 1 aliphatic carbocycles. The standard InChI is InChI=1S/C15H28N2O3/c1-4-17(5-2)10-11(3)16-14(18)12-7-6-8-13(9-12)15(19)20/h11-13H,4-10H2,1-3H3,(H,16,18)(H,19,20). The quantitative estimate of drug-likeness (QED) is 0.747. The van der Waals surface area contributed by atoms with Crippen LogP contribution in [0.2, 0.25) is 0 Å². The number of hydrogen-bond acceptors (Lipinski definition) is 3. The molecule has 1 aliphatic rings. The van der Waals surface area contributed by atoms with Crippen molar-refractivity contribution in [1.29, 1.82) is 0 Å². The van der Waals surface area contributed by atoms with Crippen LogP contribution < -0.4 is 5.32 Å². The molecule has 0 saturated heterocycles. The third kappa shape index (κ3) is 5.12. The van der Waals surface area contributed by atoms with Gasteiger partial charge in [0.05, 0.1) is 5.92 Å². The lowest BCUT2D eigenvalue weighted by molar-refractivity contribution is -0.144. The van der Waals surface area contributed by atoms with Crippen molar-refractivity contribution in [2.75, 3.05) is 19.6 Å². The van der Waals surface area contributed by atoms with E-state index in [0.29, 0.717) is 12.8 Å². The van der Waals surface area contributed by atoms with Crippen molar-refractivity contribution < 1.29 is 14.7 Å². The van der Waals surface area contributed by atoms with Crippen LogP contribution in [0, 0.1) is 11.8 Å².